The second kappa shape index (κ2) is 10.6. The zero-order chi connectivity index (χ0) is 23.0. The van der Waals surface area contributed by atoms with Crippen molar-refractivity contribution in [3.05, 3.63) is 82.0 Å². The normalized spacial score (nSPS) is 11.0. The van der Waals surface area contributed by atoms with Gasteiger partial charge in [-0.25, -0.2) is 4.98 Å². The van der Waals surface area contributed by atoms with E-state index >= 15 is 0 Å². The van der Waals surface area contributed by atoms with E-state index < -0.39 is 0 Å². The smallest absolute Gasteiger partial charge is 0.262 e. The Morgan fingerprint density at radius 1 is 1.12 bits per heavy atom. The summed E-state index contributed by atoms with van der Waals surface area (Å²) in [4.78, 5) is 17.8. The molecule has 2 heterocycles. The van der Waals surface area contributed by atoms with Crippen LogP contribution in [0.2, 0.25) is 0 Å². The Balaban J connectivity index is 1.47. The number of thiazole rings is 1. The number of thiophene rings is 1. The highest BCUT2D eigenvalue weighted by Gasteiger charge is 2.12. The Morgan fingerprint density at radius 2 is 1.97 bits per heavy atom. The second-order valence-corrected chi connectivity index (χ2v) is 8.60. The van der Waals surface area contributed by atoms with Crippen LogP contribution in [0.25, 0.3) is 22.2 Å². The Kier molecular flexibility index (Phi) is 7.15. The van der Waals surface area contributed by atoms with E-state index in [1.807, 2.05) is 41.1 Å². The van der Waals surface area contributed by atoms with E-state index in [9.17, 15) is 10.1 Å². The number of methoxy groups -OCH3 is 1. The van der Waals surface area contributed by atoms with Gasteiger partial charge in [0.1, 0.15) is 11.1 Å². The molecule has 0 aliphatic heterocycles. The summed E-state index contributed by atoms with van der Waals surface area (Å²) in [5.41, 5.74) is 2.78. The molecular formula is C25H19N3O3S2. The van der Waals surface area contributed by atoms with E-state index in [1.54, 1.807) is 47.7 Å². The summed E-state index contributed by atoms with van der Waals surface area (Å²) in [5, 5.41) is 17.0. The maximum Gasteiger partial charge on any atom is 0.262 e. The number of amides is 1. The number of aromatic nitrogens is 1. The van der Waals surface area contributed by atoms with Gasteiger partial charge in [-0.05, 0) is 47.4 Å². The molecule has 4 rings (SSSR count). The van der Waals surface area contributed by atoms with Crippen molar-refractivity contribution in [2.45, 2.75) is 0 Å². The van der Waals surface area contributed by atoms with E-state index in [4.69, 9.17) is 9.47 Å². The van der Waals surface area contributed by atoms with E-state index in [-0.39, 0.29) is 12.5 Å². The highest BCUT2D eigenvalue weighted by Crippen LogP contribution is 2.32. The van der Waals surface area contributed by atoms with Crippen molar-refractivity contribution in [3.8, 4) is 28.1 Å². The van der Waals surface area contributed by atoms with Crippen LogP contribution in [-0.4, -0.2) is 24.6 Å². The van der Waals surface area contributed by atoms with Gasteiger partial charge in [-0.15, -0.1) is 22.7 Å². The molecule has 0 fully saturated rings. The monoisotopic (exact) mass is 473 g/mol. The SMILES string of the molecule is COc1cc(C=C(C#N)c2nc(-c3cccs3)cs2)ccc1OCC(=O)Nc1ccccc1. The number of nitrogens with one attached hydrogen (secondary N) is 1. The average molecular weight is 474 g/mol. The number of hydrogen-bond acceptors (Lipinski definition) is 7. The van der Waals surface area contributed by atoms with E-state index in [0.29, 0.717) is 27.8 Å². The first-order valence-corrected chi connectivity index (χ1v) is 11.7. The topological polar surface area (TPSA) is 84.2 Å². The van der Waals surface area contributed by atoms with Gasteiger partial charge in [0.15, 0.2) is 18.1 Å². The summed E-state index contributed by atoms with van der Waals surface area (Å²) in [6, 6.07) is 20.7. The van der Waals surface area contributed by atoms with Crippen molar-refractivity contribution in [2.75, 3.05) is 19.0 Å². The van der Waals surface area contributed by atoms with E-state index in [2.05, 4.69) is 16.4 Å². The largest absolute Gasteiger partial charge is 0.493 e. The maximum atomic E-state index is 12.2. The van der Waals surface area contributed by atoms with Crippen LogP contribution < -0.4 is 14.8 Å². The molecule has 6 nitrogen and oxygen atoms in total. The lowest BCUT2D eigenvalue weighted by molar-refractivity contribution is -0.118. The molecule has 0 atom stereocenters. The summed E-state index contributed by atoms with van der Waals surface area (Å²) in [6.07, 6.45) is 1.76. The average Bonchev–Trinajstić information content (AvgIpc) is 3.54. The minimum Gasteiger partial charge on any atom is -0.493 e. The first kappa shape index (κ1) is 22.3. The number of carbonyl (C=O) groups excluding carboxylic acids is 1. The number of nitrogens with zero attached hydrogens (tertiary/aromatic N) is 2. The van der Waals surface area contributed by atoms with Crippen LogP contribution in [0.15, 0.2) is 71.4 Å². The van der Waals surface area contributed by atoms with Crippen LogP contribution in [0.4, 0.5) is 5.69 Å². The minimum atomic E-state index is -0.274. The highest BCUT2D eigenvalue weighted by molar-refractivity contribution is 7.14. The Hall–Kier alpha value is -3.93. The summed E-state index contributed by atoms with van der Waals surface area (Å²) in [5.74, 6) is 0.627. The summed E-state index contributed by atoms with van der Waals surface area (Å²) < 4.78 is 11.1. The fraction of sp³-hybridized carbons (Fsp3) is 0.0800. The molecule has 0 aliphatic rings. The third-order valence-electron chi connectivity index (χ3n) is 4.54. The molecule has 4 aromatic rings. The number of anilines is 1. The zero-order valence-electron chi connectivity index (χ0n) is 17.6. The fourth-order valence-electron chi connectivity index (χ4n) is 3.00. The molecule has 1 N–H and O–H groups in total. The van der Waals surface area contributed by atoms with Crippen molar-refractivity contribution in [1.82, 2.24) is 4.98 Å². The van der Waals surface area contributed by atoms with E-state index in [1.165, 1.54) is 18.4 Å². The molecule has 0 saturated heterocycles. The van der Waals surface area contributed by atoms with Crippen molar-refractivity contribution in [3.63, 3.8) is 0 Å². The number of allylic oxidation sites excluding steroid dienone is 1. The van der Waals surface area contributed by atoms with Crippen molar-refractivity contribution in [1.29, 1.82) is 5.26 Å². The lowest BCUT2D eigenvalue weighted by Gasteiger charge is -2.11. The van der Waals surface area contributed by atoms with Crippen LogP contribution in [0.1, 0.15) is 10.6 Å². The van der Waals surface area contributed by atoms with Gasteiger partial charge in [0.25, 0.3) is 5.91 Å². The molecular weight excluding hydrogens is 454 g/mol. The highest BCUT2D eigenvalue weighted by atomic mass is 32.1. The van der Waals surface area contributed by atoms with Gasteiger partial charge < -0.3 is 14.8 Å². The maximum absolute atomic E-state index is 12.2. The number of rotatable bonds is 8. The second-order valence-electron chi connectivity index (χ2n) is 6.80. The molecule has 2 aromatic carbocycles. The van der Waals surface area contributed by atoms with Crippen LogP contribution in [0.5, 0.6) is 11.5 Å². The van der Waals surface area contributed by atoms with Crippen molar-refractivity contribution in [2.24, 2.45) is 0 Å². The lowest BCUT2D eigenvalue weighted by Crippen LogP contribution is -2.20. The molecule has 33 heavy (non-hydrogen) atoms. The number of para-hydroxylation sites is 1. The molecule has 2 aromatic heterocycles. The predicted molar refractivity (Wildman–Crippen MR) is 132 cm³/mol. The molecule has 0 saturated carbocycles. The van der Waals surface area contributed by atoms with Gasteiger partial charge in [-0.2, -0.15) is 5.26 Å². The number of carbonyl (C=O) groups is 1. The van der Waals surface area contributed by atoms with Gasteiger partial charge in [0.2, 0.25) is 0 Å². The van der Waals surface area contributed by atoms with Crippen molar-refractivity contribution < 1.29 is 14.3 Å². The van der Waals surface area contributed by atoms with Crippen LogP contribution in [0, 0.1) is 11.3 Å². The number of hydrogen-bond donors (Lipinski definition) is 1. The Labute approximate surface area is 199 Å². The molecule has 0 unspecified atom stereocenters. The summed E-state index contributed by atoms with van der Waals surface area (Å²) >= 11 is 3.04. The predicted octanol–water partition coefficient (Wildman–Crippen LogP) is 5.96. The molecule has 0 spiro atoms. The molecule has 0 bridgehead atoms. The minimum absolute atomic E-state index is 0.158. The fourth-order valence-corrected chi connectivity index (χ4v) is 4.54. The quantitative estimate of drug-likeness (QED) is 0.319. The first-order valence-electron chi connectivity index (χ1n) is 9.93. The first-order chi connectivity index (χ1) is 16.2. The lowest BCUT2D eigenvalue weighted by atomic mass is 10.1. The summed E-state index contributed by atoms with van der Waals surface area (Å²) in [7, 11) is 1.53. The summed E-state index contributed by atoms with van der Waals surface area (Å²) in [6.45, 7) is -0.158. The molecule has 8 heteroatoms. The third kappa shape index (κ3) is 5.66. The van der Waals surface area contributed by atoms with Gasteiger partial charge in [0, 0.05) is 11.1 Å². The van der Waals surface area contributed by atoms with Crippen LogP contribution >= 0.6 is 22.7 Å². The number of nitriles is 1. The Bertz CT molecular complexity index is 1310. The molecule has 164 valence electrons. The van der Waals surface area contributed by atoms with Gasteiger partial charge in [-0.3, -0.25) is 4.79 Å². The Morgan fingerprint density at radius 3 is 2.70 bits per heavy atom. The van der Waals surface area contributed by atoms with Gasteiger partial charge in [0.05, 0.1) is 23.3 Å². The van der Waals surface area contributed by atoms with Crippen LogP contribution in [-0.2, 0) is 4.79 Å². The van der Waals surface area contributed by atoms with Crippen LogP contribution in [0.3, 0.4) is 0 Å². The molecule has 0 radical (unpaired) electrons. The third-order valence-corrected chi connectivity index (χ3v) is 6.31. The van der Waals surface area contributed by atoms with Crippen molar-refractivity contribution >= 4 is 45.9 Å². The van der Waals surface area contributed by atoms with Gasteiger partial charge >= 0.3 is 0 Å². The van der Waals surface area contributed by atoms with E-state index in [0.717, 1.165) is 16.1 Å². The molecule has 0 aliphatic carbocycles. The number of benzene rings is 2. The van der Waals surface area contributed by atoms with Gasteiger partial charge in [-0.1, -0.05) is 30.3 Å². The zero-order valence-corrected chi connectivity index (χ0v) is 19.3. The molecule has 1 amide bonds. The number of ether oxygens (including phenoxy) is 2. The standard InChI is InChI=1S/C25H19N3O3S2/c1-30-22-13-17(9-10-21(22)31-15-24(29)27-19-6-3-2-4-7-19)12-18(14-26)25-28-20(16-33-25)23-8-5-11-32-23/h2-13,16H,15H2,1H3,(H,27,29).